The highest BCUT2D eigenvalue weighted by Gasteiger charge is 2.14. The number of phenols is 1. The Bertz CT molecular complexity index is 689. The molecule has 0 aliphatic rings. The van der Waals surface area contributed by atoms with Gasteiger partial charge < -0.3 is 10.4 Å². The summed E-state index contributed by atoms with van der Waals surface area (Å²) in [6, 6.07) is 8.27. The van der Waals surface area contributed by atoms with E-state index in [1.165, 1.54) is 18.2 Å². The highest BCUT2D eigenvalue weighted by Crippen LogP contribution is 2.27. The van der Waals surface area contributed by atoms with E-state index in [4.69, 9.17) is 0 Å². The summed E-state index contributed by atoms with van der Waals surface area (Å²) in [4.78, 5) is 10.3. The van der Waals surface area contributed by atoms with Crippen molar-refractivity contribution in [1.82, 2.24) is 0 Å². The SMILES string of the molecule is Cc1cc(NC(C)c2ccc(O)cc2F)ccc1[N+](=O)[O-]. The molecule has 0 bridgehead atoms. The number of nitro benzene ring substituents is 1. The molecule has 0 fully saturated rings. The highest BCUT2D eigenvalue weighted by atomic mass is 19.1. The van der Waals surface area contributed by atoms with E-state index in [2.05, 4.69) is 5.32 Å². The molecule has 0 aliphatic heterocycles. The molecule has 0 saturated carbocycles. The molecule has 0 saturated heterocycles. The summed E-state index contributed by atoms with van der Waals surface area (Å²) in [5, 5.41) is 23.1. The van der Waals surface area contributed by atoms with Crippen LogP contribution in [0.4, 0.5) is 15.8 Å². The first-order chi connectivity index (χ1) is 9.88. The van der Waals surface area contributed by atoms with E-state index in [9.17, 15) is 19.6 Å². The number of aryl methyl sites for hydroxylation is 1. The molecular formula is C15H15FN2O3. The second-order valence-electron chi connectivity index (χ2n) is 4.83. The third-order valence-electron chi connectivity index (χ3n) is 3.23. The first-order valence-electron chi connectivity index (χ1n) is 6.38. The van der Waals surface area contributed by atoms with E-state index in [1.807, 2.05) is 0 Å². The van der Waals surface area contributed by atoms with Crippen LogP contribution in [0.1, 0.15) is 24.1 Å². The lowest BCUT2D eigenvalue weighted by Crippen LogP contribution is -2.08. The average molecular weight is 290 g/mol. The van der Waals surface area contributed by atoms with Crippen LogP contribution < -0.4 is 5.32 Å². The monoisotopic (exact) mass is 290 g/mol. The molecule has 21 heavy (non-hydrogen) atoms. The van der Waals surface area contributed by atoms with Gasteiger partial charge in [-0.2, -0.15) is 0 Å². The van der Waals surface area contributed by atoms with Crippen molar-refractivity contribution in [1.29, 1.82) is 0 Å². The van der Waals surface area contributed by atoms with Gasteiger partial charge in [0, 0.05) is 28.9 Å². The molecule has 0 aromatic heterocycles. The molecule has 2 aromatic rings. The normalized spacial score (nSPS) is 12.0. The Hall–Kier alpha value is -2.63. The Balaban J connectivity index is 2.21. The van der Waals surface area contributed by atoms with E-state index < -0.39 is 10.7 Å². The van der Waals surface area contributed by atoms with Crippen molar-refractivity contribution >= 4 is 11.4 Å². The Morgan fingerprint density at radius 3 is 2.57 bits per heavy atom. The number of nitro groups is 1. The molecule has 0 spiro atoms. The van der Waals surface area contributed by atoms with Crippen molar-refractivity contribution < 1.29 is 14.4 Å². The van der Waals surface area contributed by atoms with Gasteiger partial charge in [-0.05, 0) is 32.0 Å². The van der Waals surface area contributed by atoms with Crippen molar-refractivity contribution in [3.8, 4) is 5.75 Å². The molecule has 1 unspecified atom stereocenters. The van der Waals surface area contributed by atoms with Crippen LogP contribution in [0.25, 0.3) is 0 Å². The summed E-state index contributed by atoms with van der Waals surface area (Å²) in [5.41, 5.74) is 1.65. The van der Waals surface area contributed by atoms with Gasteiger partial charge in [0.2, 0.25) is 0 Å². The van der Waals surface area contributed by atoms with Crippen LogP contribution in [0.2, 0.25) is 0 Å². The van der Waals surface area contributed by atoms with Crippen LogP contribution in [0.3, 0.4) is 0 Å². The quantitative estimate of drug-likeness (QED) is 0.661. The molecule has 110 valence electrons. The summed E-state index contributed by atoms with van der Waals surface area (Å²) in [5.74, 6) is -0.636. The number of benzene rings is 2. The number of aromatic hydroxyl groups is 1. The van der Waals surface area contributed by atoms with Gasteiger partial charge in [-0.1, -0.05) is 6.07 Å². The number of hydrogen-bond donors (Lipinski definition) is 2. The smallest absolute Gasteiger partial charge is 0.272 e. The van der Waals surface area contributed by atoms with E-state index >= 15 is 0 Å². The van der Waals surface area contributed by atoms with Gasteiger partial charge in [0.1, 0.15) is 11.6 Å². The molecule has 1 atom stereocenters. The number of nitrogens with one attached hydrogen (secondary N) is 1. The van der Waals surface area contributed by atoms with Gasteiger partial charge in [-0.3, -0.25) is 10.1 Å². The molecule has 2 aromatic carbocycles. The zero-order valence-corrected chi connectivity index (χ0v) is 11.6. The lowest BCUT2D eigenvalue weighted by Gasteiger charge is -2.17. The van der Waals surface area contributed by atoms with Crippen molar-refractivity contribution in [2.45, 2.75) is 19.9 Å². The van der Waals surface area contributed by atoms with Crippen LogP contribution >= 0.6 is 0 Å². The predicted octanol–water partition coefficient (Wildman–Crippen LogP) is 3.92. The minimum Gasteiger partial charge on any atom is -0.508 e. The second-order valence-corrected chi connectivity index (χ2v) is 4.83. The first kappa shape index (κ1) is 14.8. The Morgan fingerprint density at radius 1 is 1.29 bits per heavy atom. The number of anilines is 1. The van der Waals surface area contributed by atoms with E-state index in [0.717, 1.165) is 6.07 Å². The Labute approximate surface area is 121 Å². The molecule has 0 aliphatic carbocycles. The van der Waals surface area contributed by atoms with Crippen molar-refractivity contribution in [3.63, 3.8) is 0 Å². The van der Waals surface area contributed by atoms with Crippen LogP contribution in [-0.2, 0) is 0 Å². The first-order valence-corrected chi connectivity index (χ1v) is 6.38. The van der Waals surface area contributed by atoms with Crippen LogP contribution in [0.15, 0.2) is 36.4 Å². The molecule has 6 heteroatoms. The average Bonchev–Trinajstić information content (AvgIpc) is 2.37. The van der Waals surface area contributed by atoms with E-state index in [1.54, 1.807) is 26.0 Å². The van der Waals surface area contributed by atoms with Crippen molar-refractivity contribution in [2.75, 3.05) is 5.32 Å². The fourth-order valence-electron chi connectivity index (χ4n) is 2.15. The highest BCUT2D eigenvalue weighted by molar-refractivity contribution is 5.54. The zero-order valence-electron chi connectivity index (χ0n) is 11.6. The maximum absolute atomic E-state index is 13.8. The molecule has 0 radical (unpaired) electrons. The maximum atomic E-state index is 13.8. The molecule has 0 amide bonds. The van der Waals surface area contributed by atoms with Crippen molar-refractivity contribution in [3.05, 3.63) is 63.5 Å². The van der Waals surface area contributed by atoms with Crippen LogP contribution in [0, 0.1) is 22.9 Å². The molecular weight excluding hydrogens is 275 g/mol. The van der Waals surface area contributed by atoms with Gasteiger partial charge in [0.25, 0.3) is 5.69 Å². The summed E-state index contributed by atoms with van der Waals surface area (Å²) in [6.45, 7) is 3.42. The largest absolute Gasteiger partial charge is 0.508 e. The fraction of sp³-hybridized carbons (Fsp3) is 0.200. The van der Waals surface area contributed by atoms with Gasteiger partial charge in [0.15, 0.2) is 0 Å². The third kappa shape index (κ3) is 3.28. The number of phenolic OH excluding ortho intramolecular Hbond substituents is 1. The number of halogens is 1. The van der Waals surface area contributed by atoms with Gasteiger partial charge in [0.05, 0.1) is 11.0 Å². The summed E-state index contributed by atoms with van der Waals surface area (Å²) >= 11 is 0. The van der Waals surface area contributed by atoms with Gasteiger partial charge >= 0.3 is 0 Å². The summed E-state index contributed by atoms with van der Waals surface area (Å²) < 4.78 is 13.8. The van der Waals surface area contributed by atoms with Crippen molar-refractivity contribution in [2.24, 2.45) is 0 Å². The molecule has 2 N–H and O–H groups in total. The number of rotatable bonds is 4. The lowest BCUT2D eigenvalue weighted by atomic mass is 10.1. The van der Waals surface area contributed by atoms with Gasteiger partial charge in [-0.25, -0.2) is 4.39 Å². The fourth-order valence-corrected chi connectivity index (χ4v) is 2.15. The maximum Gasteiger partial charge on any atom is 0.272 e. The van der Waals surface area contributed by atoms with E-state index in [0.29, 0.717) is 16.8 Å². The Kier molecular flexibility index (Phi) is 4.07. The third-order valence-corrected chi connectivity index (χ3v) is 3.23. The van der Waals surface area contributed by atoms with Gasteiger partial charge in [-0.15, -0.1) is 0 Å². The Morgan fingerprint density at radius 2 is 2.00 bits per heavy atom. The number of hydrogen-bond acceptors (Lipinski definition) is 4. The standard InChI is InChI=1S/C15H15FN2O3/c1-9-7-11(3-6-15(9)18(20)21)17-10(2)13-5-4-12(19)8-14(13)16/h3-8,10,17,19H,1-2H3. The lowest BCUT2D eigenvalue weighted by molar-refractivity contribution is -0.385. The van der Waals surface area contributed by atoms with Crippen LogP contribution in [0.5, 0.6) is 5.75 Å². The zero-order chi connectivity index (χ0) is 15.6. The minimum absolute atomic E-state index is 0.0454. The summed E-state index contributed by atoms with van der Waals surface area (Å²) in [6.07, 6.45) is 0. The molecule has 2 rings (SSSR count). The topological polar surface area (TPSA) is 75.4 Å². The van der Waals surface area contributed by atoms with Crippen LogP contribution in [-0.4, -0.2) is 10.0 Å². The molecule has 0 heterocycles. The second kappa shape index (κ2) is 5.78. The number of nitrogens with zero attached hydrogens (tertiary/aromatic N) is 1. The minimum atomic E-state index is -0.506. The molecule has 5 nitrogen and oxygen atoms in total. The van der Waals surface area contributed by atoms with E-state index in [-0.39, 0.29) is 17.5 Å². The summed E-state index contributed by atoms with van der Waals surface area (Å²) in [7, 11) is 0. The predicted molar refractivity (Wildman–Crippen MR) is 77.9 cm³/mol.